The van der Waals surface area contributed by atoms with Crippen LogP contribution in [0, 0.1) is 0 Å². The maximum atomic E-state index is 13.2. The number of rotatable bonds is 9. The molecule has 0 saturated heterocycles. The van der Waals surface area contributed by atoms with Crippen LogP contribution >= 0.6 is 23.1 Å². The molecule has 0 radical (unpaired) electrons. The number of carbonyl (C=O) groups is 2. The molecule has 0 aliphatic rings. The molecule has 0 aliphatic heterocycles. The van der Waals surface area contributed by atoms with Crippen LogP contribution in [0.25, 0.3) is 10.2 Å². The van der Waals surface area contributed by atoms with Crippen LogP contribution in [0.3, 0.4) is 0 Å². The number of thiazole rings is 1. The van der Waals surface area contributed by atoms with Crippen LogP contribution in [-0.4, -0.2) is 38.2 Å². The molecule has 0 fully saturated rings. The van der Waals surface area contributed by atoms with Gasteiger partial charge in [-0.15, -0.1) is 10.2 Å². The third kappa shape index (κ3) is 5.20. The minimum atomic E-state index is -0.602. The summed E-state index contributed by atoms with van der Waals surface area (Å²) in [7, 11) is 0. The van der Waals surface area contributed by atoms with Crippen LogP contribution in [-0.2, 0) is 15.3 Å². The van der Waals surface area contributed by atoms with Crippen LogP contribution in [0.5, 0.6) is 0 Å². The smallest absolute Gasteiger partial charge is 0.338 e. The number of carbonyl (C=O) groups excluding carboxylic acids is 2. The van der Waals surface area contributed by atoms with Gasteiger partial charge < -0.3 is 15.8 Å². The quantitative estimate of drug-likeness (QED) is 0.256. The molecule has 9 nitrogen and oxygen atoms in total. The van der Waals surface area contributed by atoms with E-state index in [0.717, 1.165) is 10.3 Å². The molecule has 0 saturated carbocycles. The molecule has 3 N–H and O–H groups in total. The number of nitrogens with one attached hydrogen (secondary N) is 1. The van der Waals surface area contributed by atoms with Crippen molar-refractivity contribution in [3.63, 3.8) is 0 Å². The number of hydrogen-bond donors (Lipinski definition) is 2. The fourth-order valence-corrected chi connectivity index (χ4v) is 5.25. The molecule has 1 atom stereocenters. The number of nitrogens with two attached hydrogens (primary N) is 1. The number of nitrogens with zero attached hydrogens (tertiary/aromatic N) is 4. The van der Waals surface area contributed by atoms with Crippen molar-refractivity contribution >= 4 is 56.3 Å². The van der Waals surface area contributed by atoms with E-state index in [-0.39, 0.29) is 11.9 Å². The van der Waals surface area contributed by atoms with E-state index in [1.54, 1.807) is 29.7 Å². The third-order valence-corrected chi connectivity index (χ3v) is 6.98. The molecule has 0 bridgehead atoms. The minimum absolute atomic E-state index is 0.181. The van der Waals surface area contributed by atoms with E-state index in [9.17, 15) is 9.59 Å². The van der Waals surface area contributed by atoms with Crippen LogP contribution < -0.4 is 11.1 Å². The Hall–Kier alpha value is -3.44. The van der Waals surface area contributed by atoms with Gasteiger partial charge in [-0.1, -0.05) is 60.4 Å². The number of nitrogen functional groups attached to an aromatic ring is 1. The zero-order valence-electron chi connectivity index (χ0n) is 18.7. The number of ether oxygens (including phenoxy) is 1. The fraction of sp³-hybridized carbons (Fsp3) is 0.261. The average Bonchev–Trinajstić information content (AvgIpc) is 3.41. The van der Waals surface area contributed by atoms with E-state index in [2.05, 4.69) is 20.5 Å². The van der Waals surface area contributed by atoms with Gasteiger partial charge in [0.05, 0.1) is 22.4 Å². The van der Waals surface area contributed by atoms with Crippen LogP contribution in [0.4, 0.5) is 11.1 Å². The summed E-state index contributed by atoms with van der Waals surface area (Å²) in [5.41, 5.74) is 8.35. The summed E-state index contributed by atoms with van der Waals surface area (Å²) >= 11 is 2.76. The highest BCUT2D eigenvalue weighted by Crippen LogP contribution is 2.31. The van der Waals surface area contributed by atoms with Crippen molar-refractivity contribution in [1.29, 1.82) is 0 Å². The zero-order valence-corrected chi connectivity index (χ0v) is 20.4. The Morgan fingerprint density at radius 1 is 1.18 bits per heavy atom. The lowest BCUT2D eigenvalue weighted by Crippen LogP contribution is -2.27. The molecule has 0 spiro atoms. The van der Waals surface area contributed by atoms with E-state index in [1.807, 2.05) is 37.3 Å². The first-order chi connectivity index (χ1) is 16.5. The van der Waals surface area contributed by atoms with Crippen molar-refractivity contribution in [3.8, 4) is 0 Å². The standard InChI is InChI=1S/C23H24N6O3S2/c1-3-17(29-21(24)27-28-23(29)33-13-14-8-6-5-7-9-14)19(30)26-22-25-16-11-10-15(12-18(16)34-22)20(31)32-4-2/h5-12,17H,3-4,13H2,1-2H3,(H2,24,27)(H,25,26,30). The van der Waals surface area contributed by atoms with E-state index in [4.69, 9.17) is 10.5 Å². The summed E-state index contributed by atoms with van der Waals surface area (Å²) < 4.78 is 7.49. The first-order valence-electron chi connectivity index (χ1n) is 10.8. The maximum Gasteiger partial charge on any atom is 0.338 e. The largest absolute Gasteiger partial charge is 0.462 e. The predicted octanol–water partition coefficient (Wildman–Crippen LogP) is 4.53. The molecule has 4 rings (SSSR count). The number of benzene rings is 2. The first kappa shape index (κ1) is 23.7. The second kappa shape index (κ2) is 10.7. The number of anilines is 2. The number of aromatic nitrogens is 4. The molecular weight excluding hydrogens is 472 g/mol. The highest BCUT2D eigenvalue weighted by atomic mass is 32.2. The number of hydrogen-bond acceptors (Lipinski definition) is 9. The number of amides is 1. The van der Waals surface area contributed by atoms with Crippen molar-refractivity contribution in [2.24, 2.45) is 0 Å². The molecule has 0 aliphatic carbocycles. The molecule has 1 unspecified atom stereocenters. The summed E-state index contributed by atoms with van der Waals surface area (Å²) in [4.78, 5) is 29.7. The van der Waals surface area contributed by atoms with Gasteiger partial charge in [-0.05, 0) is 37.1 Å². The van der Waals surface area contributed by atoms with Gasteiger partial charge in [0.2, 0.25) is 11.9 Å². The Labute approximate surface area is 204 Å². The van der Waals surface area contributed by atoms with Crippen molar-refractivity contribution in [3.05, 3.63) is 59.7 Å². The Morgan fingerprint density at radius 2 is 1.97 bits per heavy atom. The van der Waals surface area contributed by atoms with Gasteiger partial charge in [-0.25, -0.2) is 9.78 Å². The van der Waals surface area contributed by atoms with Gasteiger partial charge >= 0.3 is 5.97 Å². The lowest BCUT2D eigenvalue weighted by atomic mass is 10.2. The molecule has 1 amide bonds. The molecule has 2 aromatic heterocycles. The van der Waals surface area contributed by atoms with Crippen molar-refractivity contribution in [1.82, 2.24) is 19.7 Å². The van der Waals surface area contributed by atoms with Gasteiger partial charge in [0.1, 0.15) is 6.04 Å². The van der Waals surface area contributed by atoms with Crippen LogP contribution in [0.2, 0.25) is 0 Å². The Morgan fingerprint density at radius 3 is 2.71 bits per heavy atom. The second-order valence-corrected chi connectivity index (χ2v) is 9.29. The average molecular weight is 497 g/mol. The van der Waals surface area contributed by atoms with Crippen LogP contribution in [0.15, 0.2) is 53.7 Å². The number of thioether (sulfide) groups is 1. The van der Waals surface area contributed by atoms with Gasteiger partial charge in [-0.3, -0.25) is 9.36 Å². The number of fused-ring (bicyclic) bond motifs is 1. The van der Waals surface area contributed by atoms with E-state index < -0.39 is 12.0 Å². The van der Waals surface area contributed by atoms with Gasteiger partial charge in [0.25, 0.3) is 0 Å². The summed E-state index contributed by atoms with van der Waals surface area (Å²) in [5.74, 6) is 0.205. The molecular formula is C23H24N6O3S2. The van der Waals surface area contributed by atoms with Crippen molar-refractivity contribution in [2.45, 2.75) is 37.2 Å². The minimum Gasteiger partial charge on any atom is -0.462 e. The van der Waals surface area contributed by atoms with Crippen molar-refractivity contribution < 1.29 is 14.3 Å². The normalized spacial score (nSPS) is 11.9. The lowest BCUT2D eigenvalue weighted by molar-refractivity contribution is -0.119. The van der Waals surface area contributed by atoms with Gasteiger partial charge in [-0.2, -0.15) is 0 Å². The van der Waals surface area contributed by atoms with Gasteiger partial charge in [0, 0.05) is 5.75 Å². The summed E-state index contributed by atoms with van der Waals surface area (Å²) in [6.45, 7) is 3.96. The zero-order chi connectivity index (χ0) is 24.1. The Kier molecular flexibility index (Phi) is 7.43. The Bertz CT molecular complexity index is 1300. The summed E-state index contributed by atoms with van der Waals surface area (Å²) in [6, 6.07) is 14.5. The summed E-state index contributed by atoms with van der Waals surface area (Å²) in [5, 5.41) is 12.1. The first-order valence-corrected chi connectivity index (χ1v) is 12.6. The molecule has 11 heteroatoms. The fourth-order valence-electron chi connectivity index (χ4n) is 3.40. The second-order valence-electron chi connectivity index (χ2n) is 7.32. The van der Waals surface area contributed by atoms with Crippen molar-refractivity contribution in [2.75, 3.05) is 17.7 Å². The lowest BCUT2D eigenvalue weighted by Gasteiger charge is -2.18. The Balaban J connectivity index is 1.51. The molecule has 2 heterocycles. The van der Waals surface area contributed by atoms with Gasteiger partial charge in [0.15, 0.2) is 10.3 Å². The number of esters is 1. The highest BCUT2D eigenvalue weighted by molar-refractivity contribution is 7.98. The monoisotopic (exact) mass is 496 g/mol. The molecule has 4 aromatic rings. The maximum absolute atomic E-state index is 13.2. The van der Waals surface area contributed by atoms with E-state index in [1.165, 1.54) is 23.1 Å². The SMILES string of the molecule is CCOC(=O)c1ccc2nc(NC(=O)C(CC)n3c(N)nnc3SCc3ccccc3)sc2c1. The van der Waals surface area contributed by atoms with E-state index >= 15 is 0 Å². The molecule has 2 aromatic carbocycles. The molecule has 34 heavy (non-hydrogen) atoms. The van der Waals surface area contributed by atoms with Crippen LogP contribution in [0.1, 0.15) is 42.2 Å². The summed E-state index contributed by atoms with van der Waals surface area (Å²) in [6.07, 6.45) is 0.491. The van der Waals surface area contributed by atoms with E-state index in [0.29, 0.717) is 40.1 Å². The third-order valence-electron chi connectivity index (χ3n) is 5.03. The highest BCUT2D eigenvalue weighted by Gasteiger charge is 2.26. The topological polar surface area (TPSA) is 125 Å². The molecule has 176 valence electrons. The predicted molar refractivity (Wildman–Crippen MR) is 134 cm³/mol.